The normalized spacial score (nSPS) is 16.6. The third-order valence-electron chi connectivity index (χ3n) is 13.4. The van der Waals surface area contributed by atoms with E-state index in [0.717, 1.165) is 51.8 Å². The van der Waals surface area contributed by atoms with Crippen molar-refractivity contribution >= 4 is 55.8 Å². The van der Waals surface area contributed by atoms with E-state index in [1.165, 1.54) is 20.8 Å². The second kappa shape index (κ2) is 33.6. The Morgan fingerprint density at radius 3 is 1.50 bits per heavy atom. The van der Waals surface area contributed by atoms with E-state index in [1.807, 2.05) is 6.92 Å². The first kappa shape index (κ1) is 76.9. The second-order valence-corrected chi connectivity index (χ2v) is 23.6. The summed E-state index contributed by atoms with van der Waals surface area (Å²) in [5.41, 5.74) is 11.2. The number of aryl methyl sites for hydroxylation is 2. The fourth-order valence-electron chi connectivity index (χ4n) is 8.33. The van der Waals surface area contributed by atoms with E-state index in [0.29, 0.717) is 35.6 Å². The maximum Gasteiger partial charge on any atom is 0.573 e. The molecule has 2 unspecified atom stereocenters. The van der Waals surface area contributed by atoms with Crippen molar-refractivity contribution < 1.29 is 116 Å². The van der Waals surface area contributed by atoms with Gasteiger partial charge in [-0.1, -0.05) is 19.6 Å². The Morgan fingerprint density at radius 2 is 1.11 bits per heavy atom. The largest absolute Gasteiger partial charge is 0.573 e. The zero-order valence-electron chi connectivity index (χ0n) is 48.0. The summed E-state index contributed by atoms with van der Waals surface area (Å²) in [6.45, 7) is 5.53. The van der Waals surface area contributed by atoms with Gasteiger partial charge in [0.15, 0.2) is 23.1 Å². The fourth-order valence-corrected chi connectivity index (χ4v) is 10.7. The number of carboxylic acid groups (broad SMARTS) is 1. The number of amidine groups is 1. The molecular weight excluding hydrogens is 1260 g/mol. The molecule has 2 fully saturated rings. The van der Waals surface area contributed by atoms with E-state index in [-0.39, 0.29) is 110 Å². The zero-order valence-corrected chi connectivity index (χ0v) is 49.6. The van der Waals surface area contributed by atoms with E-state index in [4.69, 9.17) is 41.4 Å². The lowest BCUT2D eigenvalue weighted by Crippen LogP contribution is -2.58. The van der Waals surface area contributed by atoms with Crippen LogP contribution in [0.5, 0.6) is 23.0 Å². The van der Waals surface area contributed by atoms with Gasteiger partial charge in [0.2, 0.25) is 26.0 Å². The van der Waals surface area contributed by atoms with Gasteiger partial charge in [0.25, 0.3) is 5.91 Å². The molecule has 11 N–H and O–H groups in total. The Morgan fingerprint density at radius 1 is 0.700 bits per heavy atom. The average molecular weight is 1330 g/mol. The molecule has 3 aliphatic heterocycles. The molecule has 2 atom stereocenters. The van der Waals surface area contributed by atoms with Gasteiger partial charge < -0.3 is 66.4 Å². The third kappa shape index (κ3) is 23.5. The lowest BCUT2D eigenvalue weighted by atomic mass is 9.89. The molecule has 23 nitrogen and oxygen atoms in total. The number of rotatable bonds is 21. The number of ether oxygens (including phenoxy) is 4. The minimum atomic E-state index is -5.11. The molecule has 4 aromatic rings. The molecule has 0 bridgehead atoms. The maximum absolute atomic E-state index is 13.8. The quantitative estimate of drug-likeness (QED) is 0.0457. The van der Waals surface area contributed by atoms with Gasteiger partial charge >= 0.3 is 18.7 Å². The number of alkyl halides is 6. The smallest absolute Gasteiger partial charge is 0.493 e. The van der Waals surface area contributed by atoms with E-state index >= 15 is 0 Å². The summed E-state index contributed by atoms with van der Waals surface area (Å²) in [7, 11) is -7.52. The summed E-state index contributed by atoms with van der Waals surface area (Å²) < 4.78 is 171. The van der Waals surface area contributed by atoms with E-state index in [9.17, 15) is 76.6 Å². The highest BCUT2D eigenvalue weighted by Crippen LogP contribution is 2.35. The molecule has 2 saturated heterocycles. The number of carbonyl (C=O) groups is 3. The van der Waals surface area contributed by atoms with Gasteiger partial charge in [-0.15, -0.1) is 26.3 Å². The predicted octanol–water partition coefficient (Wildman–Crippen LogP) is 5.62. The number of aromatic carboxylic acids is 1. The van der Waals surface area contributed by atoms with E-state index in [2.05, 4.69) is 19.8 Å². The third-order valence-corrected chi connectivity index (χ3v) is 16.5. The van der Waals surface area contributed by atoms with E-state index in [1.54, 1.807) is 50.2 Å². The summed E-state index contributed by atoms with van der Waals surface area (Å²) in [6, 6.07) is 14.9. The first-order valence-electron chi connectivity index (χ1n) is 26.9. The summed E-state index contributed by atoms with van der Waals surface area (Å²) >= 11 is 0. The summed E-state index contributed by atoms with van der Waals surface area (Å²) in [5, 5.41) is 57.1. The van der Waals surface area contributed by atoms with Gasteiger partial charge in [-0.3, -0.25) is 14.6 Å². The minimum Gasteiger partial charge on any atom is -0.493 e. The Labute approximate surface area is 513 Å². The highest BCUT2D eigenvalue weighted by atomic mass is 32.2. The van der Waals surface area contributed by atoms with Gasteiger partial charge in [-0.25, -0.2) is 30.4 Å². The number of primary amides is 1. The Balaban J connectivity index is 0.000000380. The molecule has 4 aromatic carbocycles. The molecule has 90 heavy (non-hydrogen) atoms. The van der Waals surface area contributed by atoms with Crippen molar-refractivity contribution in [2.75, 3.05) is 59.2 Å². The Bertz CT molecular complexity index is 3390. The highest BCUT2D eigenvalue weighted by molar-refractivity contribution is 7.92. The second-order valence-electron chi connectivity index (χ2n) is 20.0. The number of piperidine rings is 2. The number of hydrogen-bond acceptors (Lipinski definition) is 18. The number of halogens is 8. The molecule has 500 valence electrons. The van der Waals surface area contributed by atoms with E-state index < -0.39 is 103 Å². The van der Waals surface area contributed by atoms with Crippen LogP contribution in [0, 0.1) is 25.5 Å². The van der Waals surface area contributed by atoms with Gasteiger partial charge in [-0.2, -0.15) is 8.61 Å². The number of hydrogen-bond donors (Lipinski definition) is 9. The van der Waals surface area contributed by atoms with Crippen molar-refractivity contribution in [2.45, 2.75) is 103 Å². The molecule has 3 aliphatic rings. The van der Waals surface area contributed by atoms with Crippen LogP contribution in [0.2, 0.25) is 0 Å². The van der Waals surface area contributed by atoms with Crippen LogP contribution < -0.4 is 35.7 Å². The summed E-state index contributed by atoms with van der Waals surface area (Å²) in [6.07, 6.45) is -7.90. The lowest BCUT2D eigenvalue weighted by molar-refractivity contribution is -0.276. The van der Waals surface area contributed by atoms with Gasteiger partial charge in [0.1, 0.15) is 22.9 Å². The number of nitrogens with two attached hydrogens (primary N) is 2. The van der Waals surface area contributed by atoms with Crippen molar-refractivity contribution in [3.63, 3.8) is 0 Å². The molecule has 3 heterocycles. The molecule has 7 rings (SSSR count). The number of nitrogens with zero attached hydrogens (tertiary/aromatic N) is 3. The summed E-state index contributed by atoms with van der Waals surface area (Å²) in [4.78, 5) is 39.0. The zero-order chi connectivity index (χ0) is 66.7. The number of carboxylic acids is 1. The molecular formula is C57H72F8N6O17S2. The highest BCUT2D eigenvalue weighted by Gasteiger charge is 2.48. The van der Waals surface area contributed by atoms with Crippen molar-refractivity contribution in [2.24, 2.45) is 16.5 Å². The van der Waals surface area contributed by atoms with Crippen LogP contribution in [0.25, 0.3) is 12.2 Å². The minimum absolute atomic E-state index is 0. The molecule has 1 spiro atoms. The van der Waals surface area contributed by atoms with Crippen LogP contribution in [0.15, 0.2) is 88.6 Å². The van der Waals surface area contributed by atoms with Crippen LogP contribution in [0.3, 0.4) is 0 Å². The number of aliphatic hydroxyl groups excluding tert-OH is 5. The van der Waals surface area contributed by atoms with Crippen molar-refractivity contribution in [1.29, 1.82) is 0 Å². The molecule has 2 amide bonds. The van der Waals surface area contributed by atoms with Crippen LogP contribution >= 0.6 is 0 Å². The predicted molar refractivity (Wildman–Crippen MR) is 312 cm³/mol. The maximum atomic E-state index is 13.8. The number of carbonyl (C=O) groups excluding carboxylic acids is 2. The lowest BCUT2D eigenvalue weighted by Gasteiger charge is -2.35. The molecule has 33 heteroatoms. The first-order valence-corrected chi connectivity index (χ1v) is 29.9. The SMILES string of the molecule is C.CCO.Cc1cc(OCCC(O)CO)ccc1/C=C/S(=O)(=O)N1CCC(N)(C(N)=O)CC1.Cc1cc(OCCC(O)CO)ccc1/C=C/S(=O)(=O)N1CCC2(CC1)N=C(c1ccc(F)c(OC(F)(F)F)c1)NC2=O.O=C(O)c1ccc(F)c(OC(F)(F)F)c1. The standard InChI is InChI=1S/C27H29F4N3O7S.C19H29N3O6S.C8H4F4O3.C2H6O.CH4/c1-17-14-21(40-12-6-20(36)16-35)4-2-18(17)7-13-42(38,39)34-10-8-26(9-11-34)25(37)32-24(33-26)19-3-5-22(28)23(15-19)41-27(29,30)31;1-14-12-17(28-10-4-16(24)13-23)3-2-15(14)5-11-29(26,27)22-8-6-19(21,7-9-22)18(20)25;9-5-2-1-4(7(13)14)3-6(5)15-8(10,11)12;1-2-3;/h2-5,7,13-15,20,35-36H,6,8-12,16H2,1H3,(H,32,33,37);2-3,5,11-12,16,23-24H,4,6-10,13,21H2,1H3,(H2,20,25);1-3H,(H,13,14);3H,2H2,1H3;1H4/b13-7+;11-5+;;;. The number of benzene rings is 4. The number of aliphatic imine (C=N–C) groups is 1. The number of amides is 2. The number of sulfonamides is 2. The van der Waals surface area contributed by atoms with Gasteiger partial charge in [0, 0.05) is 62.0 Å². The number of aliphatic hydroxyl groups is 5. The average Bonchev–Trinajstić information content (AvgIpc) is 1.59. The van der Waals surface area contributed by atoms with Crippen LogP contribution in [0.1, 0.15) is 91.1 Å². The Kier molecular flexibility index (Phi) is 28.8. The topological polar surface area (TPSA) is 361 Å². The van der Waals surface area contributed by atoms with Gasteiger partial charge in [-0.05, 0) is 142 Å². The van der Waals surface area contributed by atoms with Gasteiger partial charge in [0.05, 0.1) is 49.7 Å². The number of nitrogens with one attached hydrogen (secondary N) is 1. The monoisotopic (exact) mass is 1330 g/mol. The van der Waals surface area contributed by atoms with Crippen molar-refractivity contribution in [1.82, 2.24) is 13.9 Å². The Hall–Kier alpha value is -7.34. The first-order chi connectivity index (χ1) is 41.5. The molecule has 0 radical (unpaired) electrons. The molecule has 0 aliphatic carbocycles. The van der Waals surface area contributed by atoms with Crippen LogP contribution in [0.4, 0.5) is 35.1 Å². The van der Waals surface area contributed by atoms with Crippen LogP contribution in [-0.4, -0.2) is 175 Å². The molecule has 0 aromatic heterocycles. The molecule has 0 saturated carbocycles. The van der Waals surface area contributed by atoms with Crippen molar-refractivity contribution in [3.05, 3.63) is 129 Å². The fraction of sp³-hybridized carbons (Fsp3) is 0.439. The van der Waals surface area contributed by atoms with Crippen LogP contribution in [-0.2, 0) is 29.6 Å². The van der Waals surface area contributed by atoms with Crippen molar-refractivity contribution in [3.8, 4) is 23.0 Å². The summed E-state index contributed by atoms with van der Waals surface area (Å²) in [5.74, 6) is -6.31.